The minimum absolute atomic E-state index is 0.148. The van der Waals surface area contributed by atoms with Crippen LogP contribution in [0.2, 0.25) is 0 Å². The van der Waals surface area contributed by atoms with Crippen LogP contribution in [0.25, 0.3) is 11.0 Å². The second-order valence-electron chi connectivity index (χ2n) is 14.0. The van der Waals surface area contributed by atoms with Crippen molar-refractivity contribution in [2.24, 2.45) is 0 Å². The molecule has 1 aliphatic rings. The van der Waals surface area contributed by atoms with Crippen molar-refractivity contribution >= 4 is 27.0 Å². The highest BCUT2D eigenvalue weighted by molar-refractivity contribution is 7.89. The monoisotopic (exact) mass is 755 g/mol. The van der Waals surface area contributed by atoms with Gasteiger partial charge in [0.2, 0.25) is 10.0 Å². The van der Waals surface area contributed by atoms with Crippen LogP contribution in [-0.2, 0) is 27.8 Å². The maximum Gasteiger partial charge on any atom is 0.316 e. The van der Waals surface area contributed by atoms with Gasteiger partial charge in [0.25, 0.3) is 5.91 Å². The number of hydrogen-bond donors (Lipinski definition) is 1. The molecule has 0 saturated carbocycles. The molecule has 0 fully saturated rings. The molecule has 2 atom stereocenters. The molecule has 6 rings (SSSR count). The van der Waals surface area contributed by atoms with E-state index in [0.29, 0.717) is 38.5 Å². The number of sulfonamides is 1. The first-order valence-corrected chi connectivity index (χ1v) is 19.8. The zero-order valence-electron chi connectivity index (χ0n) is 32.0. The van der Waals surface area contributed by atoms with Crippen LogP contribution in [0, 0.1) is 13.8 Å². The minimum Gasteiger partial charge on any atom is -0.488 e. The third-order valence-electron chi connectivity index (χ3n) is 9.98. The summed E-state index contributed by atoms with van der Waals surface area (Å²) in [5.74, 6) is -0.379. The molecule has 3 heterocycles. The summed E-state index contributed by atoms with van der Waals surface area (Å²) >= 11 is 0. The number of amides is 1. The van der Waals surface area contributed by atoms with Gasteiger partial charge in [0.1, 0.15) is 28.9 Å². The molecule has 5 aromatic rings. The molecule has 286 valence electrons. The molecule has 0 saturated heterocycles. The van der Waals surface area contributed by atoms with E-state index in [2.05, 4.69) is 37.7 Å². The SMILES string of the molecule is CCOCCOc1ncc(C(=O)NC(C)(C)C(c2ccc(C)c(CN3C[C@@H](CC)Oc4ccccc4S3(=O)=O)c2)c2ccc3c(nnn3CC)c2C)cn1. The Hall–Kier alpha value is -4.92. The fourth-order valence-electron chi connectivity index (χ4n) is 7.03. The molecular weight excluding hydrogens is 707 g/mol. The average molecular weight is 756 g/mol. The van der Waals surface area contributed by atoms with Crippen LogP contribution in [0.4, 0.5) is 0 Å². The van der Waals surface area contributed by atoms with Gasteiger partial charge in [-0.2, -0.15) is 4.31 Å². The number of carbonyl (C=O) groups is 1. The molecule has 0 aliphatic carbocycles. The predicted octanol–water partition coefficient (Wildman–Crippen LogP) is 5.98. The van der Waals surface area contributed by atoms with Crippen LogP contribution in [0.15, 0.2) is 71.9 Å². The zero-order chi connectivity index (χ0) is 38.6. The number of nitrogens with one attached hydrogen (secondary N) is 1. The fourth-order valence-corrected chi connectivity index (χ4v) is 8.60. The van der Waals surface area contributed by atoms with Crippen molar-refractivity contribution in [3.63, 3.8) is 0 Å². The zero-order valence-corrected chi connectivity index (χ0v) is 32.8. The van der Waals surface area contributed by atoms with Crippen molar-refractivity contribution in [2.75, 3.05) is 26.4 Å². The Kier molecular flexibility index (Phi) is 11.6. The largest absolute Gasteiger partial charge is 0.488 e. The molecule has 0 spiro atoms. The van der Waals surface area contributed by atoms with Crippen LogP contribution >= 0.6 is 0 Å². The van der Waals surface area contributed by atoms with Gasteiger partial charge >= 0.3 is 6.01 Å². The number of hydrogen-bond acceptors (Lipinski definition) is 10. The Bertz CT molecular complexity index is 2220. The topological polar surface area (TPSA) is 151 Å². The molecule has 54 heavy (non-hydrogen) atoms. The Balaban J connectivity index is 1.38. The summed E-state index contributed by atoms with van der Waals surface area (Å²) in [5, 5.41) is 12.2. The van der Waals surface area contributed by atoms with Gasteiger partial charge in [0.15, 0.2) is 0 Å². The van der Waals surface area contributed by atoms with Gasteiger partial charge in [-0.3, -0.25) is 4.79 Å². The summed E-state index contributed by atoms with van der Waals surface area (Å²) in [4.78, 5) is 22.5. The molecule has 13 nitrogen and oxygen atoms in total. The maximum absolute atomic E-state index is 14.1. The van der Waals surface area contributed by atoms with Crippen molar-refractivity contribution in [3.8, 4) is 11.8 Å². The first-order valence-electron chi connectivity index (χ1n) is 18.4. The lowest BCUT2D eigenvalue weighted by molar-refractivity contribution is 0.0903. The van der Waals surface area contributed by atoms with Gasteiger partial charge < -0.3 is 19.5 Å². The third-order valence-corrected chi connectivity index (χ3v) is 11.8. The average Bonchev–Trinajstić information content (AvgIpc) is 3.55. The number of aryl methyl sites for hydroxylation is 3. The third kappa shape index (κ3) is 7.96. The number of rotatable bonds is 14. The van der Waals surface area contributed by atoms with E-state index in [0.717, 1.165) is 38.9 Å². The van der Waals surface area contributed by atoms with E-state index in [4.69, 9.17) is 14.2 Å². The van der Waals surface area contributed by atoms with Gasteiger partial charge in [-0.1, -0.05) is 48.5 Å². The van der Waals surface area contributed by atoms with Crippen LogP contribution in [0.1, 0.15) is 85.1 Å². The second kappa shape index (κ2) is 16.2. The quantitative estimate of drug-likeness (QED) is 0.134. The van der Waals surface area contributed by atoms with E-state index in [1.165, 1.54) is 16.7 Å². The molecule has 14 heteroatoms. The molecule has 0 bridgehead atoms. The lowest BCUT2D eigenvalue weighted by atomic mass is 9.74. The van der Waals surface area contributed by atoms with Gasteiger partial charge in [-0.05, 0) is 94.0 Å². The van der Waals surface area contributed by atoms with Crippen LogP contribution in [0.5, 0.6) is 11.8 Å². The summed E-state index contributed by atoms with van der Waals surface area (Å²) < 4.78 is 48.6. The summed E-state index contributed by atoms with van der Waals surface area (Å²) in [7, 11) is -3.87. The van der Waals surface area contributed by atoms with Crippen LogP contribution in [-0.4, -0.2) is 81.6 Å². The van der Waals surface area contributed by atoms with E-state index in [1.807, 2.05) is 71.3 Å². The van der Waals surface area contributed by atoms with Crippen molar-refractivity contribution in [2.45, 2.75) is 90.4 Å². The summed E-state index contributed by atoms with van der Waals surface area (Å²) in [6, 6.07) is 17.2. The van der Waals surface area contributed by atoms with Crippen molar-refractivity contribution in [1.29, 1.82) is 0 Å². The lowest BCUT2D eigenvalue weighted by Crippen LogP contribution is -2.48. The lowest BCUT2D eigenvalue weighted by Gasteiger charge is -2.37. The fraction of sp³-hybridized carbons (Fsp3) is 0.425. The van der Waals surface area contributed by atoms with E-state index in [9.17, 15) is 13.2 Å². The number of benzene rings is 3. The molecule has 1 aliphatic heterocycles. The first kappa shape index (κ1) is 38.8. The normalized spacial score (nSPS) is 16.3. The first-order chi connectivity index (χ1) is 25.9. The standard InChI is InChI=1S/C40H49N7O6S/c1-8-31-25-46(54(49,50)35-14-12-11-13-34(35)53-31)24-29-21-28(16-15-26(29)4)36(32-17-18-33-37(27(32)5)44-45-47(33)9-2)40(6,7)43-38(48)30-22-41-39(42-23-30)52-20-19-51-10-3/h11-18,21-23,31,36H,8-10,19-20,24-25H2,1-7H3,(H,43,48)/t31-,36?/m1/s1. The van der Waals surface area contributed by atoms with E-state index in [1.54, 1.807) is 24.3 Å². The van der Waals surface area contributed by atoms with Crippen LogP contribution in [0.3, 0.4) is 0 Å². The van der Waals surface area contributed by atoms with Gasteiger partial charge in [-0.25, -0.2) is 23.1 Å². The Morgan fingerprint density at radius 1 is 1.04 bits per heavy atom. The Morgan fingerprint density at radius 3 is 2.52 bits per heavy atom. The summed E-state index contributed by atoms with van der Waals surface area (Å²) in [6.07, 6.45) is 3.23. The molecule has 1 unspecified atom stereocenters. The number of nitrogens with zero attached hydrogens (tertiary/aromatic N) is 6. The molecule has 0 radical (unpaired) electrons. The molecule has 2 aromatic heterocycles. The summed E-state index contributed by atoms with van der Waals surface area (Å²) in [6.45, 7) is 16.2. The smallest absolute Gasteiger partial charge is 0.316 e. The number of ether oxygens (including phenoxy) is 3. The Labute approximate surface area is 317 Å². The van der Waals surface area contributed by atoms with E-state index < -0.39 is 21.5 Å². The Morgan fingerprint density at radius 2 is 1.80 bits per heavy atom. The van der Waals surface area contributed by atoms with E-state index in [-0.39, 0.29) is 41.6 Å². The van der Waals surface area contributed by atoms with E-state index >= 15 is 0 Å². The molecular formula is C40H49N7O6S. The number of aromatic nitrogens is 5. The second-order valence-corrected chi connectivity index (χ2v) is 15.9. The van der Waals surface area contributed by atoms with Crippen molar-refractivity contribution in [3.05, 3.63) is 100 Å². The number of carbonyl (C=O) groups excluding carboxylic acids is 1. The van der Waals surface area contributed by atoms with Crippen LogP contribution < -0.4 is 14.8 Å². The van der Waals surface area contributed by atoms with Crippen molar-refractivity contribution < 1.29 is 27.4 Å². The maximum atomic E-state index is 14.1. The van der Waals surface area contributed by atoms with Gasteiger partial charge in [0.05, 0.1) is 24.2 Å². The highest BCUT2D eigenvalue weighted by Gasteiger charge is 2.38. The number of fused-ring (bicyclic) bond motifs is 2. The highest BCUT2D eigenvalue weighted by atomic mass is 32.2. The molecule has 3 aromatic carbocycles. The molecule has 1 amide bonds. The van der Waals surface area contributed by atoms with Crippen molar-refractivity contribution in [1.82, 2.24) is 34.6 Å². The predicted molar refractivity (Wildman–Crippen MR) is 205 cm³/mol. The minimum atomic E-state index is -3.87. The molecule has 1 N–H and O–H groups in total. The number of para-hydroxylation sites is 1. The van der Waals surface area contributed by atoms with Gasteiger partial charge in [-0.15, -0.1) is 5.10 Å². The van der Waals surface area contributed by atoms with Gasteiger partial charge in [0, 0.05) is 43.5 Å². The highest BCUT2D eigenvalue weighted by Crippen LogP contribution is 2.40. The summed E-state index contributed by atoms with van der Waals surface area (Å²) in [5.41, 5.74) is 5.68.